The normalized spacial score (nSPS) is 17.5. The van der Waals surface area contributed by atoms with E-state index in [4.69, 9.17) is 9.47 Å². The number of carbonyl (C=O) groups excluding carboxylic acids is 3. The lowest BCUT2D eigenvalue weighted by molar-refractivity contribution is -0.131. The Morgan fingerprint density at radius 3 is 2.53 bits per heavy atom. The molecule has 8 heteroatoms. The SMILES string of the molecule is CCOc1cc(OC)ccc1CNCC(=O)N1CCCC(c2cccc(C(=O)N(CC(=O)C(C)C)C3CCCCC3)c2)C1. The first-order valence-corrected chi connectivity index (χ1v) is 16.0. The number of nitrogens with zero attached hydrogens (tertiary/aromatic N) is 2. The number of hydrogen-bond acceptors (Lipinski definition) is 6. The van der Waals surface area contributed by atoms with Crippen molar-refractivity contribution in [2.45, 2.75) is 84.2 Å². The van der Waals surface area contributed by atoms with Gasteiger partial charge in [-0.05, 0) is 56.4 Å². The van der Waals surface area contributed by atoms with Crippen LogP contribution in [0.15, 0.2) is 42.5 Å². The number of benzene rings is 2. The molecule has 2 aromatic carbocycles. The van der Waals surface area contributed by atoms with E-state index in [0.717, 1.165) is 67.7 Å². The molecule has 0 bridgehead atoms. The quantitative estimate of drug-likeness (QED) is 0.327. The van der Waals surface area contributed by atoms with E-state index in [2.05, 4.69) is 11.4 Å². The molecule has 4 rings (SSSR count). The predicted octanol–water partition coefficient (Wildman–Crippen LogP) is 5.59. The van der Waals surface area contributed by atoms with E-state index in [1.165, 1.54) is 6.42 Å². The summed E-state index contributed by atoms with van der Waals surface area (Å²) in [5.74, 6) is 1.67. The van der Waals surface area contributed by atoms with Gasteiger partial charge in [0, 0.05) is 54.7 Å². The first-order chi connectivity index (χ1) is 20.8. The van der Waals surface area contributed by atoms with Crippen LogP contribution in [0.1, 0.15) is 93.1 Å². The zero-order valence-corrected chi connectivity index (χ0v) is 26.4. The van der Waals surface area contributed by atoms with E-state index in [1.54, 1.807) is 7.11 Å². The lowest BCUT2D eigenvalue weighted by Crippen LogP contribution is -2.45. The Bertz CT molecular complexity index is 1240. The number of rotatable bonds is 13. The first-order valence-electron chi connectivity index (χ1n) is 16.0. The Labute approximate surface area is 257 Å². The standard InChI is InChI=1S/C35H49N3O5/c1-5-43-33-20-31(42-4)17-16-28(33)21-36-22-34(40)37-18-10-13-29(23-37)26-11-9-12-27(19-26)35(41)38(24-32(39)25(2)3)30-14-7-6-8-15-30/h9,11-12,16-17,19-20,25,29-30,36H,5-8,10,13-15,18,21-24H2,1-4H3. The molecular weight excluding hydrogens is 542 g/mol. The van der Waals surface area contributed by atoms with Crippen LogP contribution in [0.25, 0.3) is 0 Å². The summed E-state index contributed by atoms with van der Waals surface area (Å²) < 4.78 is 11.1. The minimum Gasteiger partial charge on any atom is -0.497 e. The van der Waals surface area contributed by atoms with Gasteiger partial charge in [0.05, 0.1) is 26.8 Å². The van der Waals surface area contributed by atoms with Gasteiger partial charge in [0.25, 0.3) is 5.91 Å². The number of amides is 2. The Kier molecular flexibility index (Phi) is 12.0. The molecule has 8 nitrogen and oxygen atoms in total. The van der Waals surface area contributed by atoms with Gasteiger partial charge in [-0.1, -0.05) is 51.3 Å². The Balaban J connectivity index is 1.38. The molecule has 1 heterocycles. The molecule has 2 aromatic rings. The van der Waals surface area contributed by atoms with Gasteiger partial charge in [-0.2, -0.15) is 0 Å². The molecule has 234 valence electrons. The highest BCUT2D eigenvalue weighted by Gasteiger charge is 2.30. The van der Waals surface area contributed by atoms with E-state index in [1.807, 2.05) is 67.0 Å². The number of nitrogens with one attached hydrogen (secondary N) is 1. The topological polar surface area (TPSA) is 88.2 Å². The van der Waals surface area contributed by atoms with Gasteiger partial charge >= 0.3 is 0 Å². The average Bonchev–Trinajstić information content (AvgIpc) is 3.04. The van der Waals surface area contributed by atoms with Crippen molar-refractivity contribution in [2.24, 2.45) is 5.92 Å². The average molecular weight is 592 g/mol. The number of hydrogen-bond donors (Lipinski definition) is 1. The highest BCUT2D eigenvalue weighted by molar-refractivity contribution is 5.97. The molecular formula is C35H49N3O5. The zero-order chi connectivity index (χ0) is 30.8. The number of ketones is 1. The third-order valence-electron chi connectivity index (χ3n) is 8.79. The van der Waals surface area contributed by atoms with Crippen molar-refractivity contribution < 1.29 is 23.9 Å². The van der Waals surface area contributed by atoms with Gasteiger partial charge in [0.15, 0.2) is 5.78 Å². The van der Waals surface area contributed by atoms with Crippen LogP contribution in [0.3, 0.4) is 0 Å². The lowest BCUT2D eigenvalue weighted by atomic mass is 9.89. The molecule has 43 heavy (non-hydrogen) atoms. The molecule has 1 aliphatic heterocycles. The van der Waals surface area contributed by atoms with Crippen LogP contribution in [0, 0.1) is 5.92 Å². The van der Waals surface area contributed by atoms with Gasteiger partial charge in [-0.25, -0.2) is 0 Å². The minimum absolute atomic E-state index is 0.0550. The first kappa shape index (κ1) is 32.5. The molecule has 0 spiro atoms. The Morgan fingerprint density at radius 2 is 1.81 bits per heavy atom. The summed E-state index contributed by atoms with van der Waals surface area (Å²) >= 11 is 0. The van der Waals surface area contributed by atoms with E-state index >= 15 is 0 Å². The fraction of sp³-hybridized carbons (Fsp3) is 0.571. The Hall–Kier alpha value is -3.39. The molecule has 2 fully saturated rings. The van der Waals surface area contributed by atoms with Gasteiger partial charge < -0.3 is 24.6 Å². The third-order valence-corrected chi connectivity index (χ3v) is 8.79. The number of carbonyl (C=O) groups is 3. The summed E-state index contributed by atoms with van der Waals surface area (Å²) in [6.45, 7) is 8.58. The highest BCUT2D eigenvalue weighted by Crippen LogP contribution is 2.30. The van der Waals surface area contributed by atoms with Crippen LogP contribution in [0.2, 0.25) is 0 Å². The third kappa shape index (κ3) is 8.82. The van der Waals surface area contributed by atoms with Gasteiger partial charge in [-0.3, -0.25) is 14.4 Å². The van der Waals surface area contributed by atoms with Crippen LogP contribution in [-0.2, 0) is 16.1 Å². The second kappa shape index (κ2) is 15.9. The van der Waals surface area contributed by atoms with Gasteiger partial charge in [-0.15, -0.1) is 0 Å². The number of methoxy groups -OCH3 is 1. The van der Waals surface area contributed by atoms with Crippen molar-refractivity contribution in [3.05, 3.63) is 59.2 Å². The molecule has 1 N–H and O–H groups in total. The summed E-state index contributed by atoms with van der Waals surface area (Å²) in [6, 6.07) is 13.7. The van der Waals surface area contributed by atoms with Crippen LogP contribution in [0.5, 0.6) is 11.5 Å². The number of likely N-dealkylation sites (tertiary alicyclic amines) is 1. The number of ether oxygens (including phenoxy) is 2. The molecule has 1 unspecified atom stereocenters. The molecule has 1 saturated heterocycles. The van der Waals surface area contributed by atoms with Crippen LogP contribution in [0.4, 0.5) is 0 Å². The molecule has 2 aliphatic rings. The fourth-order valence-electron chi connectivity index (χ4n) is 6.19. The maximum Gasteiger partial charge on any atom is 0.254 e. The molecule has 1 aliphatic carbocycles. The minimum atomic E-state index is -0.103. The number of piperidine rings is 1. The fourth-order valence-corrected chi connectivity index (χ4v) is 6.19. The van der Waals surface area contributed by atoms with Crippen molar-refractivity contribution in [3.8, 4) is 11.5 Å². The van der Waals surface area contributed by atoms with Crippen molar-refractivity contribution in [1.29, 1.82) is 0 Å². The zero-order valence-electron chi connectivity index (χ0n) is 26.4. The molecule has 1 saturated carbocycles. The van der Waals surface area contributed by atoms with E-state index < -0.39 is 0 Å². The highest BCUT2D eigenvalue weighted by atomic mass is 16.5. The maximum absolute atomic E-state index is 13.8. The van der Waals surface area contributed by atoms with E-state index in [9.17, 15) is 14.4 Å². The van der Waals surface area contributed by atoms with E-state index in [0.29, 0.717) is 25.3 Å². The summed E-state index contributed by atoms with van der Waals surface area (Å²) in [6.07, 6.45) is 7.17. The van der Waals surface area contributed by atoms with Crippen molar-refractivity contribution in [3.63, 3.8) is 0 Å². The molecule has 0 aromatic heterocycles. The molecule has 2 amide bonds. The van der Waals surface area contributed by atoms with Gasteiger partial charge in [0.2, 0.25) is 5.91 Å². The second-order valence-electron chi connectivity index (χ2n) is 12.2. The monoisotopic (exact) mass is 591 g/mol. The van der Waals surface area contributed by atoms with Crippen LogP contribution >= 0.6 is 0 Å². The smallest absolute Gasteiger partial charge is 0.254 e. The predicted molar refractivity (Wildman–Crippen MR) is 169 cm³/mol. The summed E-state index contributed by atoms with van der Waals surface area (Å²) in [7, 11) is 1.63. The largest absolute Gasteiger partial charge is 0.497 e. The number of Topliss-reactive ketones (excluding diaryl/α,β-unsaturated/α-hetero) is 1. The summed E-state index contributed by atoms with van der Waals surface area (Å²) in [5.41, 5.74) is 2.69. The van der Waals surface area contributed by atoms with Crippen molar-refractivity contribution in [1.82, 2.24) is 15.1 Å². The molecule has 1 atom stereocenters. The van der Waals surface area contributed by atoms with Crippen LogP contribution < -0.4 is 14.8 Å². The van der Waals surface area contributed by atoms with E-state index in [-0.39, 0.29) is 48.6 Å². The second-order valence-corrected chi connectivity index (χ2v) is 12.2. The van der Waals surface area contributed by atoms with Crippen molar-refractivity contribution >= 4 is 17.6 Å². The maximum atomic E-state index is 13.8. The summed E-state index contributed by atoms with van der Waals surface area (Å²) in [5, 5.41) is 3.29. The Morgan fingerprint density at radius 1 is 1.02 bits per heavy atom. The van der Waals surface area contributed by atoms with Crippen LogP contribution in [-0.4, -0.2) is 73.3 Å². The summed E-state index contributed by atoms with van der Waals surface area (Å²) in [4.78, 5) is 43.5. The molecule has 0 radical (unpaired) electrons. The lowest BCUT2D eigenvalue weighted by Gasteiger charge is -2.35. The van der Waals surface area contributed by atoms with Crippen molar-refractivity contribution in [2.75, 3.05) is 39.9 Å². The van der Waals surface area contributed by atoms with Gasteiger partial charge in [0.1, 0.15) is 11.5 Å².